The van der Waals surface area contributed by atoms with E-state index < -0.39 is 0 Å². The molecule has 0 saturated heterocycles. The summed E-state index contributed by atoms with van der Waals surface area (Å²) >= 11 is 0. The number of aryl methyl sites for hydroxylation is 2. The van der Waals surface area contributed by atoms with Crippen LogP contribution in [-0.2, 0) is 0 Å². The van der Waals surface area contributed by atoms with Gasteiger partial charge in [-0.2, -0.15) is 0 Å². The summed E-state index contributed by atoms with van der Waals surface area (Å²) in [4.78, 5) is 11.9. The van der Waals surface area contributed by atoms with Crippen LogP contribution in [0, 0.1) is 13.8 Å². The van der Waals surface area contributed by atoms with Gasteiger partial charge >= 0.3 is 0 Å². The predicted octanol–water partition coefficient (Wildman–Crippen LogP) is 4.68. The second kappa shape index (κ2) is 9.52. The van der Waals surface area contributed by atoms with Crippen molar-refractivity contribution in [2.75, 3.05) is 25.0 Å². The number of nitrogens with zero attached hydrogens (tertiary/aromatic N) is 3. The molecule has 0 fully saturated rings. The van der Waals surface area contributed by atoms with Crippen molar-refractivity contribution >= 4 is 5.95 Å². The van der Waals surface area contributed by atoms with E-state index >= 15 is 0 Å². The summed E-state index contributed by atoms with van der Waals surface area (Å²) < 4.78 is 0. The molecule has 2 rings (SSSR count). The molecule has 0 aliphatic heterocycles. The van der Waals surface area contributed by atoms with E-state index in [1.165, 1.54) is 12.0 Å². The van der Waals surface area contributed by atoms with Crippen molar-refractivity contribution < 1.29 is 0 Å². The van der Waals surface area contributed by atoms with Crippen molar-refractivity contribution in [2.45, 2.75) is 53.5 Å². The molecule has 0 bridgehead atoms. The van der Waals surface area contributed by atoms with Crippen molar-refractivity contribution in [1.82, 2.24) is 14.9 Å². The minimum absolute atomic E-state index is 0.372. The van der Waals surface area contributed by atoms with E-state index in [4.69, 9.17) is 9.97 Å². The second-order valence-electron chi connectivity index (χ2n) is 6.67. The lowest BCUT2D eigenvalue weighted by Gasteiger charge is -2.20. The molecule has 1 aromatic heterocycles. The van der Waals surface area contributed by atoms with Crippen molar-refractivity contribution in [2.24, 2.45) is 0 Å². The Labute approximate surface area is 152 Å². The average molecular weight is 341 g/mol. The highest BCUT2D eigenvalue weighted by atomic mass is 15.1. The van der Waals surface area contributed by atoms with Crippen LogP contribution in [0.2, 0.25) is 0 Å². The van der Waals surface area contributed by atoms with E-state index in [-0.39, 0.29) is 0 Å². The van der Waals surface area contributed by atoms with Gasteiger partial charge in [-0.1, -0.05) is 44.2 Å². The molecular formula is C21H32N4. The summed E-state index contributed by atoms with van der Waals surface area (Å²) in [5.74, 6) is 0.741. The number of hydrogen-bond acceptors (Lipinski definition) is 4. The second-order valence-corrected chi connectivity index (χ2v) is 6.67. The summed E-state index contributed by atoms with van der Waals surface area (Å²) in [5, 5.41) is 3.47. The van der Waals surface area contributed by atoms with E-state index in [1.54, 1.807) is 0 Å². The Morgan fingerprint density at radius 3 is 2.16 bits per heavy atom. The van der Waals surface area contributed by atoms with Crippen LogP contribution in [0.25, 0.3) is 11.1 Å². The predicted molar refractivity (Wildman–Crippen MR) is 107 cm³/mol. The van der Waals surface area contributed by atoms with Gasteiger partial charge in [-0.15, -0.1) is 0 Å². The molecule has 0 amide bonds. The summed E-state index contributed by atoms with van der Waals surface area (Å²) in [6.45, 7) is 14.2. The van der Waals surface area contributed by atoms with Gasteiger partial charge in [-0.25, -0.2) is 9.97 Å². The maximum atomic E-state index is 4.69. The van der Waals surface area contributed by atoms with Crippen molar-refractivity contribution in [3.8, 4) is 11.1 Å². The van der Waals surface area contributed by atoms with E-state index in [2.05, 4.69) is 69.1 Å². The van der Waals surface area contributed by atoms with Crippen LogP contribution < -0.4 is 5.32 Å². The molecule has 1 atom stereocenters. The number of anilines is 1. The number of rotatable bonds is 9. The van der Waals surface area contributed by atoms with Gasteiger partial charge in [0.2, 0.25) is 5.95 Å². The zero-order valence-corrected chi connectivity index (χ0v) is 16.3. The van der Waals surface area contributed by atoms with Crippen LogP contribution in [0.4, 0.5) is 5.95 Å². The highest BCUT2D eigenvalue weighted by Gasteiger charge is 2.12. The van der Waals surface area contributed by atoms with Crippen molar-refractivity contribution in [1.29, 1.82) is 0 Å². The molecule has 0 spiro atoms. The Morgan fingerprint density at radius 2 is 1.60 bits per heavy atom. The van der Waals surface area contributed by atoms with Gasteiger partial charge in [-0.3, -0.25) is 0 Å². The first-order valence-corrected chi connectivity index (χ1v) is 9.44. The minimum Gasteiger partial charge on any atom is -0.352 e. The third-order valence-electron chi connectivity index (χ3n) is 4.71. The van der Waals surface area contributed by atoms with Crippen LogP contribution in [0.3, 0.4) is 0 Å². The average Bonchev–Trinajstić information content (AvgIpc) is 2.59. The molecule has 1 aromatic carbocycles. The molecule has 1 N–H and O–H groups in total. The molecule has 0 aliphatic rings. The molecular weight excluding hydrogens is 308 g/mol. The fraction of sp³-hybridized carbons (Fsp3) is 0.524. The molecule has 0 aliphatic carbocycles. The van der Waals surface area contributed by atoms with Crippen LogP contribution in [0.1, 0.15) is 45.0 Å². The first-order valence-electron chi connectivity index (χ1n) is 9.44. The van der Waals surface area contributed by atoms with Gasteiger partial charge in [0.1, 0.15) is 0 Å². The third kappa shape index (κ3) is 5.53. The number of benzene rings is 1. The summed E-state index contributed by atoms with van der Waals surface area (Å²) in [6, 6.07) is 10.7. The molecule has 136 valence electrons. The van der Waals surface area contributed by atoms with E-state index in [9.17, 15) is 0 Å². The normalized spacial score (nSPS) is 12.4. The zero-order chi connectivity index (χ0) is 18.2. The first kappa shape index (κ1) is 19.4. The summed E-state index contributed by atoms with van der Waals surface area (Å²) in [7, 11) is 0. The van der Waals surface area contributed by atoms with E-state index in [0.717, 1.165) is 49.0 Å². The molecule has 0 saturated carbocycles. The lowest BCUT2D eigenvalue weighted by atomic mass is 10.0. The lowest BCUT2D eigenvalue weighted by molar-refractivity contribution is 0.295. The first-order chi connectivity index (χ1) is 12.0. The monoisotopic (exact) mass is 340 g/mol. The molecule has 1 heterocycles. The van der Waals surface area contributed by atoms with Crippen LogP contribution in [0.15, 0.2) is 30.3 Å². The molecule has 2 aromatic rings. The highest BCUT2D eigenvalue weighted by Crippen LogP contribution is 2.25. The van der Waals surface area contributed by atoms with Gasteiger partial charge in [0, 0.05) is 11.6 Å². The third-order valence-corrected chi connectivity index (χ3v) is 4.71. The molecule has 0 radical (unpaired) electrons. The minimum atomic E-state index is 0.372. The Hall–Kier alpha value is -1.94. The van der Waals surface area contributed by atoms with Crippen LogP contribution in [0.5, 0.6) is 0 Å². The quantitative estimate of drug-likeness (QED) is 0.719. The lowest BCUT2D eigenvalue weighted by Crippen LogP contribution is -2.26. The van der Waals surface area contributed by atoms with Crippen LogP contribution in [-0.4, -0.2) is 40.5 Å². The summed E-state index contributed by atoms with van der Waals surface area (Å²) in [5.41, 5.74) is 4.37. The largest absolute Gasteiger partial charge is 0.352 e. The highest BCUT2D eigenvalue weighted by molar-refractivity contribution is 5.68. The number of hydrogen-bond donors (Lipinski definition) is 1. The van der Waals surface area contributed by atoms with Crippen molar-refractivity contribution in [3.05, 3.63) is 41.7 Å². The van der Waals surface area contributed by atoms with Gasteiger partial charge in [0.25, 0.3) is 0 Å². The van der Waals surface area contributed by atoms with E-state index in [0.29, 0.717) is 6.04 Å². The van der Waals surface area contributed by atoms with Gasteiger partial charge in [0.05, 0.1) is 11.4 Å². The zero-order valence-electron chi connectivity index (χ0n) is 16.3. The topological polar surface area (TPSA) is 41.0 Å². The standard InChI is InChI=1S/C21H32N4/c1-6-25(7-2)15-11-12-16(3)22-21-23-17(4)20(18(5)24-21)19-13-9-8-10-14-19/h8-10,13-14,16H,6-7,11-12,15H2,1-5H3,(H,22,23,24). The molecule has 25 heavy (non-hydrogen) atoms. The van der Waals surface area contributed by atoms with Crippen LogP contribution >= 0.6 is 0 Å². The van der Waals surface area contributed by atoms with Crippen molar-refractivity contribution in [3.63, 3.8) is 0 Å². The maximum absolute atomic E-state index is 4.69. The maximum Gasteiger partial charge on any atom is 0.223 e. The number of nitrogens with one attached hydrogen (secondary N) is 1. The van der Waals surface area contributed by atoms with Gasteiger partial charge in [-0.05, 0) is 58.8 Å². The van der Waals surface area contributed by atoms with E-state index in [1.807, 2.05) is 6.07 Å². The Kier molecular flexibility index (Phi) is 7.38. The smallest absolute Gasteiger partial charge is 0.223 e. The Bertz CT molecular complexity index is 627. The Balaban J connectivity index is 1.99. The molecule has 1 unspecified atom stereocenters. The SMILES string of the molecule is CCN(CC)CCCC(C)Nc1nc(C)c(-c2ccccc2)c(C)n1. The fourth-order valence-corrected chi connectivity index (χ4v) is 3.26. The summed E-state index contributed by atoms with van der Waals surface area (Å²) in [6.07, 6.45) is 2.31. The molecule has 4 nitrogen and oxygen atoms in total. The number of aromatic nitrogens is 2. The Morgan fingerprint density at radius 1 is 1.00 bits per heavy atom. The van der Waals surface area contributed by atoms with Gasteiger partial charge in [0.15, 0.2) is 0 Å². The van der Waals surface area contributed by atoms with Gasteiger partial charge < -0.3 is 10.2 Å². The molecule has 4 heteroatoms. The fourth-order valence-electron chi connectivity index (χ4n) is 3.26.